The van der Waals surface area contributed by atoms with Gasteiger partial charge in [-0.15, -0.1) is 0 Å². The molecule has 0 heterocycles. The minimum atomic E-state index is -0.225. The number of aromatic hydroxyl groups is 1. The maximum absolute atomic E-state index is 12.3. The van der Waals surface area contributed by atoms with Crippen LogP contribution in [0, 0.1) is 6.92 Å². The van der Waals surface area contributed by atoms with Crippen LogP contribution in [0.15, 0.2) is 40.9 Å². The van der Waals surface area contributed by atoms with Crippen LogP contribution in [0.3, 0.4) is 0 Å². The molecule has 0 unspecified atom stereocenters. The quantitative estimate of drug-likeness (QED) is 0.880. The highest BCUT2D eigenvalue weighted by Crippen LogP contribution is 2.26. The number of anilines is 1. The third kappa shape index (κ3) is 3.02. The summed E-state index contributed by atoms with van der Waals surface area (Å²) in [6.45, 7) is 4.02. The van der Waals surface area contributed by atoms with Crippen molar-refractivity contribution in [2.45, 2.75) is 20.3 Å². The van der Waals surface area contributed by atoms with Crippen LogP contribution in [-0.4, -0.2) is 11.0 Å². The molecule has 0 aliphatic heterocycles. The first-order valence-electron chi connectivity index (χ1n) is 6.41. The van der Waals surface area contributed by atoms with Gasteiger partial charge in [0.25, 0.3) is 5.91 Å². The van der Waals surface area contributed by atoms with Gasteiger partial charge in [-0.25, -0.2) is 0 Å². The largest absolute Gasteiger partial charge is 0.507 e. The maximum atomic E-state index is 12.3. The fourth-order valence-electron chi connectivity index (χ4n) is 2.04. The van der Waals surface area contributed by atoms with Crippen molar-refractivity contribution in [2.75, 3.05) is 5.32 Å². The van der Waals surface area contributed by atoms with E-state index in [0.717, 1.165) is 23.2 Å². The predicted molar refractivity (Wildman–Crippen MR) is 84.3 cm³/mol. The average Bonchev–Trinajstić information content (AvgIpc) is 2.44. The third-order valence-corrected chi connectivity index (χ3v) is 3.86. The van der Waals surface area contributed by atoms with Crippen molar-refractivity contribution in [3.05, 3.63) is 57.6 Å². The van der Waals surface area contributed by atoms with Crippen LogP contribution < -0.4 is 5.32 Å². The molecule has 1 amide bonds. The van der Waals surface area contributed by atoms with Gasteiger partial charge in [-0.1, -0.05) is 25.1 Å². The lowest BCUT2D eigenvalue weighted by molar-refractivity contribution is 0.102. The fraction of sp³-hybridized carbons (Fsp3) is 0.188. The number of phenolic OH excluding ortho intramolecular Hbond substituents is 1. The molecule has 0 aromatic heterocycles. The second-order valence-corrected chi connectivity index (χ2v) is 5.44. The molecule has 2 N–H and O–H groups in total. The maximum Gasteiger partial charge on any atom is 0.255 e. The van der Waals surface area contributed by atoms with E-state index in [1.54, 1.807) is 12.1 Å². The number of hydrogen-bond donors (Lipinski definition) is 2. The molecule has 0 atom stereocenters. The lowest BCUT2D eigenvalue weighted by Gasteiger charge is -2.13. The second kappa shape index (κ2) is 6.09. The average molecular weight is 334 g/mol. The van der Waals surface area contributed by atoms with Crippen LogP contribution in [0.1, 0.15) is 28.4 Å². The Hall–Kier alpha value is -1.81. The Bertz CT molecular complexity index is 653. The number of benzene rings is 2. The summed E-state index contributed by atoms with van der Waals surface area (Å²) in [7, 11) is 0. The van der Waals surface area contributed by atoms with Gasteiger partial charge in [-0.3, -0.25) is 4.79 Å². The molecule has 4 heteroatoms. The Morgan fingerprint density at radius 1 is 1.30 bits per heavy atom. The van der Waals surface area contributed by atoms with Gasteiger partial charge in [-0.2, -0.15) is 0 Å². The summed E-state index contributed by atoms with van der Waals surface area (Å²) in [5, 5.41) is 12.6. The summed E-state index contributed by atoms with van der Waals surface area (Å²) in [5.41, 5.74) is 3.40. The van der Waals surface area contributed by atoms with Crippen LogP contribution in [-0.2, 0) is 6.42 Å². The molecule has 0 bridgehead atoms. The number of carbonyl (C=O) groups is 1. The molecule has 20 heavy (non-hydrogen) atoms. The van der Waals surface area contributed by atoms with E-state index >= 15 is 0 Å². The van der Waals surface area contributed by atoms with Crippen molar-refractivity contribution in [3.8, 4) is 5.75 Å². The Morgan fingerprint density at radius 2 is 2.05 bits per heavy atom. The van der Waals surface area contributed by atoms with Gasteiger partial charge >= 0.3 is 0 Å². The van der Waals surface area contributed by atoms with E-state index in [1.807, 2.05) is 25.1 Å². The summed E-state index contributed by atoms with van der Waals surface area (Å²) < 4.78 is 0.569. The highest BCUT2D eigenvalue weighted by molar-refractivity contribution is 9.10. The first-order chi connectivity index (χ1) is 9.52. The Balaban J connectivity index is 2.30. The number of halogens is 1. The Labute approximate surface area is 126 Å². The highest BCUT2D eigenvalue weighted by atomic mass is 79.9. The summed E-state index contributed by atoms with van der Waals surface area (Å²) in [6, 6.07) is 10.7. The van der Waals surface area contributed by atoms with Crippen molar-refractivity contribution in [3.63, 3.8) is 0 Å². The van der Waals surface area contributed by atoms with Crippen LogP contribution in [0.2, 0.25) is 0 Å². The Morgan fingerprint density at radius 3 is 2.70 bits per heavy atom. The molecular formula is C16H16BrNO2. The number of rotatable bonds is 3. The van der Waals surface area contributed by atoms with Crippen molar-refractivity contribution in [1.82, 2.24) is 0 Å². The monoisotopic (exact) mass is 333 g/mol. The molecule has 0 saturated heterocycles. The van der Waals surface area contributed by atoms with Crippen molar-refractivity contribution >= 4 is 27.5 Å². The van der Waals surface area contributed by atoms with Crippen molar-refractivity contribution in [1.29, 1.82) is 0 Å². The number of nitrogens with one attached hydrogen (secondary N) is 1. The van der Waals surface area contributed by atoms with Crippen molar-refractivity contribution < 1.29 is 9.90 Å². The molecule has 0 spiro atoms. The van der Waals surface area contributed by atoms with E-state index in [2.05, 4.69) is 28.2 Å². The number of para-hydroxylation sites is 1. The van der Waals surface area contributed by atoms with E-state index in [0.29, 0.717) is 10.0 Å². The van der Waals surface area contributed by atoms with Crippen LogP contribution in [0.25, 0.3) is 0 Å². The predicted octanol–water partition coefficient (Wildman–Crippen LogP) is 4.28. The molecule has 3 nitrogen and oxygen atoms in total. The molecule has 0 fully saturated rings. The molecule has 104 valence electrons. The van der Waals surface area contributed by atoms with Crippen LogP contribution in [0.5, 0.6) is 5.75 Å². The van der Waals surface area contributed by atoms with E-state index in [4.69, 9.17) is 0 Å². The van der Waals surface area contributed by atoms with Gasteiger partial charge in [-0.05, 0) is 58.6 Å². The van der Waals surface area contributed by atoms with E-state index in [1.165, 1.54) is 6.07 Å². The molecule has 0 aliphatic carbocycles. The van der Waals surface area contributed by atoms with E-state index in [-0.39, 0.29) is 11.7 Å². The second-order valence-electron chi connectivity index (χ2n) is 4.58. The zero-order valence-corrected chi connectivity index (χ0v) is 13.0. The molecule has 0 aliphatic rings. The van der Waals surface area contributed by atoms with Crippen LogP contribution in [0.4, 0.5) is 5.69 Å². The first kappa shape index (κ1) is 14.6. The molecule has 0 saturated carbocycles. The molecule has 2 aromatic carbocycles. The minimum absolute atomic E-state index is 0.0538. The Kier molecular flexibility index (Phi) is 4.45. The normalized spacial score (nSPS) is 10.3. The lowest BCUT2D eigenvalue weighted by Crippen LogP contribution is -2.14. The van der Waals surface area contributed by atoms with Gasteiger partial charge in [0.1, 0.15) is 5.75 Å². The number of carbonyl (C=O) groups excluding carboxylic acids is 1. The molecule has 2 rings (SSSR count). The van der Waals surface area contributed by atoms with Gasteiger partial charge in [0, 0.05) is 11.3 Å². The SMILES string of the molecule is CCc1cccc(C)c1NC(=O)c1ccc(Br)c(O)c1. The van der Waals surface area contributed by atoms with E-state index < -0.39 is 0 Å². The van der Waals surface area contributed by atoms with Gasteiger partial charge in [0.15, 0.2) is 0 Å². The van der Waals surface area contributed by atoms with Gasteiger partial charge in [0.05, 0.1) is 4.47 Å². The molecule has 0 radical (unpaired) electrons. The standard InChI is InChI=1S/C16H16BrNO2/c1-3-11-6-4-5-10(2)15(11)18-16(20)12-7-8-13(17)14(19)9-12/h4-9,19H,3H2,1-2H3,(H,18,20). The van der Waals surface area contributed by atoms with Crippen LogP contribution >= 0.6 is 15.9 Å². The summed E-state index contributed by atoms with van der Waals surface area (Å²) in [5.74, 6) is -0.171. The summed E-state index contributed by atoms with van der Waals surface area (Å²) in [4.78, 5) is 12.3. The summed E-state index contributed by atoms with van der Waals surface area (Å²) >= 11 is 3.20. The number of hydrogen-bond acceptors (Lipinski definition) is 2. The summed E-state index contributed by atoms with van der Waals surface area (Å²) in [6.07, 6.45) is 0.850. The smallest absolute Gasteiger partial charge is 0.255 e. The van der Waals surface area contributed by atoms with E-state index in [9.17, 15) is 9.90 Å². The van der Waals surface area contributed by atoms with Crippen molar-refractivity contribution in [2.24, 2.45) is 0 Å². The van der Waals surface area contributed by atoms with Gasteiger partial charge in [0.2, 0.25) is 0 Å². The third-order valence-electron chi connectivity index (χ3n) is 3.19. The molecule has 2 aromatic rings. The number of phenols is 1. The topological polar surface area (TPSA) is 49.3 Å². The zero-order valence-electron chi connectivity index (χ0n) is 11.4. The number of aryl methyl sites for hydroxylation is 2. The lowest BCUT2D eigenvalue weighted by atomic mass is 10.1. The number of amides is 1. The fourth-order valence-corrected chi connectivity index (χ4v) is 2.29. The molecular weight excluding hydrogens is 318 g/mol. The minimum Gasteiger partial charge on any atom is -0.507 e. The zero-order chi connectivity index (χ0) is 14.7. The van der Waals surface area contributed by atoms with Gasteiger partial charge < -0.3 is 10.4 Å². The highest BCUT2D eigenvalue weighted by Gasteiger charge is 2.12. The first-order valence-corrected chi connectivity index (χ1v) is 7.20.